The van der Waals surface area contributed by atoms with Gasteiger partial charge in [0.25, 0.3) is 0 Å². The van der Waals surface area contributed by atoms with E-state index in [0.717, 1.165) is 44.9 Å². The predicted octanol–water partition coefficient (Wildman–Crippen LogP) is 4.55. The van der Waals surface area contributed by atoms with Crippen molar-refractivity contribution < 1.29 is 20.1 Å². The molecular weight excluding hydrogens is 364 g/mol. The number of carboxylic acids is 1. The molecule has 0 aromatic rings. The molecule has 3 saturated carbocycles. The fourth-order valence-corrected chi connectivity index (χ4v) is 5.92. The summed E-state index contributed by atoms with van der Waals surface area (Å²) in [4.78, 5) is 10.9. The van der Waals surface area contributed by atoms with Gasteiger partial charge in [-0.1, -0.05) is 62.5 Å². The molecule has 3 aliphatic carbocycles. The molecular formula is C25H38O4. The van der Waals surface area contributed by atoms with E-state index in [-0.39, 0.29) is 18.3 Å². The summed E-state index contributed by atoms with van der Waals surface area (Å²) in [6, 6.07) is 0. The molecule has 3 fully saturated rings. The van der Waals surface area contributed by atoms with E-state index < -0.39 is 18.2 Å². The highest BCUT2D eigenvalue weighted by Crippen LogP contribution is 2.57. The summed E-state index contributed by atoms with van der Waals surface area (Å²) in [6.07, 6.45) is 12.8. The number of unbranched alkanes of at least 4 members (excludes halogenated alkanes) is 1. The second kappa shape index (κ2) is 10.6. The lowest BCUT2D eigenvalue weighted by Crippen LogP contribution is -2.51. The van der Waals surface area contributed by atoms with E-state index in [4.69, 9.17) is 5.11 Å². The van der Waals surface area contributed by atoms with Gasteiger partial charge in [-0.25, -0.2) is 0 Å². The molecule has 0 radical (unpaired) electrons. The van der Waals surface area contributed by atoms with E-state index in [1.165, 1.54) is 24.8 Å². The van der Waals surface area contributed by atoms with Gasteiger partial charge >= 0.3 is 5.97 Å². The monoisotopic (exact) mass is 402 g/mol. The average molecular weight is 403 g/mol. The van der Waals surface area contributed by atoms with Crippen LogP contribution in [0, 0.1) is 41.4 Å². The van der Waals surface area contributed by atoms with Crippen LogP contribution >= 0.6 is 0 Å². The van der Waals surface area contributed by atoms with Gasteiger partial charge in [0, 0.05) is 6.42 Å². The number of hydrogen-bond donors (Lipinski definition) is 3. The fraction of sp³-hybridized carbons (Fsp3) is 0.800. The van der Waals surface area contributed by atoms with Gasteiger partial charge in [0.15, 0.2) is 0 Å². The van der Waals surface area contributed by atoms with E-state index in [1.54, 1.807) is 0 Å². The summed E-state index contributed by atoms with van der Waals surface area (Å²) in [6.45, 7) is 2.19. The summed E-state index contributed by atoms with van der Waals surface area (Å²) >= 11 is 0. The highest BCUT2D eigenvalue weighted by atomic mass is 16.4. The zero-order valence-electron chi connectivity index (χ0n) is 17.9. The molecule has 29 heavy (non-hydrogen) atoms. The number of aliphatic carboxylic acids is 1. The SMILES string of the molecule is CCCCC1C(=CCCC(=O)O)[C@@H]2CC[C@H](O)[C@@H](C#CC(O)C3CCCCC3)[C@H]12. The van der Waals surface area contributed by atoms with Crippen molar-refractivity contribution >= 4 is 5.97 Å². The van der Waals surface area contributed by atoms with Crippen molar-refractivity contribution in [2.24, 2.45) is 29.6 Å². The Balaban J connectivity index is 1.72. The molecule has 0 heterocycles. The van der Waals surface area contributed by atoms with Gasteiger partial charge in [-0.2, -0.15) is 0 Å². The van der Waals surface area contributed by atoms with Crippen molar-refractivity contribution in [1.29, 1.82) is 0 Å². The lowest BCUT2D eigenvalue weighted by Gasteiger charge is -2.55. The van der Waals surface area contributed by atoms with Crippen molar-refractivity contribution in [1.82, 2.24) is 0 Å². The zero-order valence-corrected chi connectivity index (χ0v) is 17.9. The van der Waals surface area contributed by atoms with Gasteiger partial charge in [0.1, 0.15) is 6.10 Å². The predicted molar refractivity (Wildman–Crippen MR) is 114 cm³/mol. The lowest BCUT2D eigenvalue weighted by molar-refractivity contribution is -0.136. The molecule has 162 valence electrons. The number of aliphatic hydroxyl groups is 2. The number of allylic oxidation sites excluding steroid dienone is 2. The van der Waals surface area contributed by atoms with Crippen LogP contribution in [0.5, 0.6) is 0 Å². The van der Waals surface area contributed by atoms with E-state index >= 15 is 0 Å². The molecule has 4 heteroatoms. The maximum atomic E-state index is 10.9. The normalized spacial score (nSPS) is 34.6. The lowest BCUT2D eigenvalue weighted by atomic mass is 9.50. The second-order valence-electron chi connectivity index (χ2n) is 9.37. The minimum atomic E-state index is -0.748. The molecule has 3 aliphatic rings. The Labute approximate surface area is 175 Å². The van der Waals surface area contributed by atoms with Crippen LogP contribution in [0.2, 0.25) is 0 Å². The highest BCUT2D eigenvalue weighted by Gasteiger charge is 2.52. The van der Waals surface area contributed by atoms with Crippen LogP contribution in [-0.4, -0.2) is 33.5 Å². The number of rotatable bonds is 7. The third kappa shape index (κ3) is 5.44. The van der Waals surface area contributed by atoms with Gasteiger partial charge < -0.3 is 15.3 Å². The minimum Gasteiger partial charge on any atom is -0.481 e. The Morgan fingerprint density at radius 1 is 1.21 bits per heavy atom. The van der Waals surface area contributed by atoms with E-state index in [1.807, 2.05) is 0 Å². The molecule has 0 spiro atoms. The summed E-state index contributed by atoms with van der Waals surface area (Å²) in [5.74, 6) is 7.14. The van der Waals surface area contributed by atoms with Crippen molar-refractivity contribution in [2.75, 3.05) is 0 Å². The minimum absolute atomic E-state index is 0.0644. The Bertz CT molecular complexity index is 637. The van der Waals surface area contributed by atoms with E-state index in [0.29, 0.717) is 24.2 Å². The summed E-state index contributed by atoms with van der Waals surface area (Å²) in [5, 5.41) is 30.2. The van der Waals surface area contributed by atoms with Crippen LogP contribution in [0.15, 0.2) is 11.6 Å². The summed E-state index contributed by atoms with van der Waals surface area (Å²) in [5.41, 5.74) is 1.41. The molecule has 0 aliphatic heterocycles. The van der Waals surface area contributed by atoms with Crippen LogP contribution < -0.4 is 0 Å². The molecule has 2 unspecified atom stereocenters. The van der Waals surface area contributed by atoms with Gasteiger partial charge in [0.05, 0.1) is 12.0 Å². The Kier molecular flexibility index (Phi) is 8.21. The summed E-state index contributed by atoms with van der Waals surface area (Å²) in [7, 11) is 0. The third-order valence-electron chi connectivity index (χ3n) is 7.49. The topological polar surface area (TPSA) is 77.8 Å². The third-order valence-corrected chi connectivity index (χ3v) is 7.49. The average Bonchev–Trinajstić information content (AvgIpc) is 2.71. The molecule has 0 bridgehead atoms. The number of fused-ring (bicyclic) bond motifs is 1. The van der Waals surface area contributed by atoms with E-state index in [9.17, 15) is 15.0 Å². The number of hydrogen-bond acceptors (Lipinski definition) is 3. The molecule has 0 saturated heterocycles. The fourth-order valence-electron chi connectivity index (χ4n) is 5.92. The standard InChI is InChI=1S/C25H38O4/c1-2-3-10-19-18(11-7-12-24(28)29)20-13-16-23(27)21(25(19)20)14-15-22(26)17-8-5-4-6-9-17/h11,17,19-23,25-27H,2-10,12-13,16H2,1H3,(H,28,29)/t19?,20-,21+,22?,23-,25+/m0/s1. The largest absolute Gasteiger partial charge is 0.481 e. The van der Waals surface area contributed by atoms with Crippen LogP contribution in [0.3, 0.4) is 0 Å². The van der Waals surface area contributed by atoms with Gasteiger partial charge in [-0.3, -0.25) is 4.79 Å². The zero-order chi connectivity index (χ0) is 20.8. The van der Waals surface area contributed by atoms with Crippen LogP contribution in [0.1, 0.15) is 84.0 Å². The Morgan fingerprint density at radius 3 is 2.66 bits per heavy atom. The summed E-state index contributed by atoms with van der Waals surface area (Å²) < 4.78 is 0. The first-order chi connectivity index (χ1) is 14.0. The van der Waals surface area contributed by atoms with Crippen molar-refractivity contribution in [3.05, 3.63) is 11.6 Å². The van der Waals surface area contributed by atoms with Gasteiger partial charge in [-0.15, -0.1) is 0 Å². The maximum Gasteiger partial charge on any atom is 0.303 e. The Hall–Kier alpha value is -1.31. The first-order valence-electron chi connectivity index (χ1n) is 11.8. The number of carbonyl (C=O) groups is 1. The molecule has 0 aromatic carbocycles. The molecule has 0 amide bonds. The van der Waals surface area contributed by atoms with Crippen molar-refractivity contribution in [3.63, 3.8) is 0 Å². The van der Waals surface area contributed by atoms with Crippen LogP contribution in [0.4, 0.5) is 0 Å². The first kappa shape index (κ1) is 22.4. The first-order valence-corrected chi connectivity index (χ1v) is 11.8. The second-order valence-corrected chi connectivity index (χ2v) is 9.37. The van der Waals surface area contributed by atoms with E-state index in [2.05, 4.69) is 24.8 Å². The number of aliphatic hydroxyl groups excluding tert-OH is 2. The molecule has 6 atom stereocenters. The van der Waals surface area contributed by atoms with Gasteiger partial charge in [-0.05, 0) is 62.2 Å². The van der Waals surface area contributed by atoms with Crippen molar-refractivity contribution in [3.8, 4) is 11.8 Å². The van der Waals surface area contributed by atoms with Gasteiger partial charge in [0.2, 0.25) is 0 Å². The smallest absolute Gasteiger partial charge is 0.303 e. The Morgan fingerprint density at radius 2 is 1.97 bits per heavy atom. The molecule has 3 rings (SSSR count). The molecule has 0 aromatic heterocycles. The quantitative estimate of drug-likeness (QED) is 0.431. The molecule has 3 N–H and O–H groups in total. The van der Waals surface area contributed by atoms with Crippen LogP contribution in [-0.2, 0) is 4.79 Å². The van der Waals surface area contributed by atoms with Crippen LogP contribution in [0.25, 0.3) is 0 Å². The highest BCUT2D eigenvalue weighted by molar-refractivity contribution is 5.66. The molecule has 4 nitrogen and oxygen atoms in total. The van der Waals surface area contributed by atoms with Crippen molar-refractivity contribution in [2.45, 2.75) is 96.2 Å². The maximum absolute atomic E-state index is 10.9. The number of carboxylic acid groups (broad SMARTS) is 1.